The SMILES string of the molecule is CN=C(NCC(=O)NCCOC)NCc1cc(C(C)C)no1. The molecule has 0 saturated heterocycles. The number of amides is 1. The van der Waals surface area contributed by atoms with Crippen LogP contribution in [0.5, 0.6) is 0 Å². The summed E-state index contributed by atoms with van der Waals surface area (Å²) in [5, 5.41) is 12.7. The average Bonchev–Trinajstić information content (AvgIpc) is 2.97. The number of rotatable bonds is 8. The lowest BCUT2D eigenvalue weighted by atomic mass is 10.1. The van der Waals surface area contributed by atoms with Crippen molar-refractivity contribution in [3.63, 3.8) is 0 Å². The molecule has 0 atom stereocenters. The summed E-state index contributed by atoms with van der Waals surface area (Å²) in [7, 11) is 3.22. The number of aliphatic imine (C=N–C) groups is 1. The minimum atomic E-state index is -0.123. The first-order valence-electron chi connectivity index (χ1n) is 7.22. The first-order chi connectivity index (χ1) is 10.6. The molecule has 1 amide bonds. The monoisotopic (exact) mass is 311 g/mol. The standard InChI is InChI=1S/C14H25N5O3/c1-10(2)12-7-11(22-19-12)8-17-14(15-3)18-9-13(20)16-5-6-21-4/h7,10H,5-6,8-9H2,1-4H3,(H,16,20)(H2,15,17,18). The molecule has 22 heavy (non-hydrogen) atoms. The lowest BCUT2D eigenvalue weighted by Crippen LogP contribution is -2.43. The van der Waals surface area contributed by atoms with Crippen LogP contribution in [0.1, 0.15) is 31.2 Å². The van der Waals surface area contributed by atoms with Crippen molar-refractivity contribution >= 4 is 11.9 Å². The zero-order valence-corrected chi connectivity index (χ0v) is 13.6. The first kappa shape index (κ1) is 18.0. The highest BCUT2D eigenvalue weighted by Gasteiger charge is 2.08. The van der Waals surface area contributed by atoms with Crippen LogP contribution < -0.4 is 16.0 Å². The summed E-state index contributed by atoms with van der Waals surface area (Å²) in [6.07, 6.45) is 0. The van der Waals surface area contributed by atoms with E-state index >= 15 is 0 Å². The highest BCUT2D eigenvalue weighted by Crippen LogP contribution is 2.13. The smallest absolute Gasteiger partial charge is 0.239 e. The third-order valence-corrected chi connectivity index (χ3v) is 2.87. The summed E-state index contributed by atoms with van der Waals surface area (Å²) in [4.78, 5) is 15.6. The second-order valence-electron chi connectivity index (χ2n) is 4.99. The van der Waals surface area contributed by atoms with Crippen molar-refractivity contribution < 1.29 is 14.1 Å². The highest BCUT2D eigenvalue weighted by atomic mass is 16.5. The Morgan fingerprint density at radius 3 is 2.77 bits per heavy atom. The zero-order valence-electron chi connectivity index (χ0n) is 13.6. The van der Waals surface area contributed by atoms with Crippen molar-refractivity contribution in [2.24, 2.45) is 4.99 Å². The number of nitrogens with one attached hydrogen (secondary N) is 3. The second-order valence-corrected chi connectivity index (χ2v) is 4.99. The van der Waals surface area contributed by atoms with Gasteiger partial charge < -0.3 is 25.2 Å². The molecule has 1 rings (SSSR count). The molecule has 1 heterocycles. The first-order valence-corrected chi connectivity index (χ1v) is 7.22. The van der Waals surface area contributed by atoms with Crippen molar-refractivity contribution in [3.8, 4) is 0 Å². The molecule has 1 aromatic rings. The number of aromatic nitrogens is 1. The fourth-order valence-corrected chi connectivity index (χ4v) is 1.59. The Balaban J connectivity index is 2.31. The van der Waals surface area contributed by atoms with Crippen LogP contribution in [0, 0.1) is 0 Å². The van der Waals surface area contributed by atoms with E-state index in [1.54, 1.807) is 14.2 Å². The average molecular weight is 311 g/mol. The van der Waals surface area contributed by atoms with Gasteiger partial charge in [-0.2, -0.15) is 0 Å². The summed E-state index contributed by atoms with van der Waals surface area (Å²) in [5.41, 5.74) is 0.914. The van der Waals surface area contributed by atoms with Gasteiger partial charge in [0, 0.05) is 26.8 Å². The quantitative estimate of drug-likeness (QED) is 0.361. The van der Waals surface area contributed by atoms with E-state index in [9.17, 15) is 4.79 Å². The van der Waals surface area contributed by atoms with Crippen LogP contribution >= 0.6 is 0 Å². The number of carbonyl (C=O) groups excluding carboxylic acids is 1. The Labute approximate surface area is 130 Å². The molecule has 8 heteroatoms. The third kappa shape index (κ3) is 6.57. The molecule has 0 aromatic carbocycles. The topological polar surface area (TPSA) is 101 Å². The maximum Gasteiger partial charge on any atom is 0.239 e. The van der Waals surface area contributed by atoms with E-state index in [-0.39, 0.29) is 12.5 Å². The van der Waals surface area contributed by atoms with Gasteiger partial charge in [0.15, 0.2) is 11.7 Å². The van der Waals surface area contributed by atoms with Crippen LogP contribution in [-0.4, -0.2) is 50.9 Å². The van der Waals surface area contributed by atoms with Gasteiger partial charge in [-0.15, -0.1) is 0 Å². The van der Waals surface area contributed by atoms with Crippen molar-refractivity contribution in [1.29, 1.82) is 0 Å². The fraction of sp³-hybridized carbons (Fsp3) is 0.643. The number of guanidine groups is 1. The van der Waals surface area contributed by atoms with Crippen LogP contribution in [0.2, 0.25) is 0 Å². The summed E-state index contributed by atoms with van der Waals surface area (Å²) < 4.78 is 10.1. The van der Waals surface area contributed by atoms with Crippen LogP contribution in [-0.2, 0) is 16.1 Å². The van der Waals surface area contributed by atoms with Gasteiger partial charge in [-0.25, -0.2) is 0 Å². The summed E-state index contributed by atoms with van der Waals surface area (Å²) in [6.45, 7) is 5.67. The lowest BCUT2D eigenvalue weighted by molar-refractivity contribution is -0.120. The van der Waals surface area contributed by atoms with Gasteiger partial charge >= 0.3 is 0 Å². The molecule has 0 saturated carbocycles. The van der Waals surface area contributed by atoms with Gasteiger partial charge in [0.25, 0.3) is 0 Å². The molecule has 124 valence electrons. The molecule has 1 aromatic heterocycles. The van der Waals surface area contributed by atoms with Crippen LogP contribution in [0.25, 0.3) is 0 Å². The number of hydrogen-bond donors (Lipinski definition) is 3. The van der Waals surface area contributed by atoms with Crippen molar-refractivity contribution in [1.82, 2.24) is 21.1 Å². The molecule has 0 unspecified atom stereocenters. The van der Waals surface area contributed by atoms with Crippen molar-refractivity contribution in [2.75, 3.05) is 33.9 Å². The zero-order chi connectivity index (χ0) is 16.4. The van der Waals surface area contributed by atoms with Gasteiger partial charge in [0.1, 0.15) is 0 Å². The summed E-state index contributed by atoms with van der Waals surface area (Å²) in [5.74, 6) is 1.44. The largest absolute Gasteiger partial charge is 0.383 e. The van der Waals surface area contributed by atoms with Crippen LogP contribution in [0.4, 0.5) is 0 Å². The molecule has 3 N–H and O–H groups in total. The Bertz CT molecular complexity index is 485. The molecule has 0 fully saturated rings. The Kier molecular flexibility index (Phi) is 7.98. The number of ether oxygens (including phenoxy) is 1. The van der Waals surface area contributed by atoms with E-state index in [1.165, 1.54) is 0 Å². The molecule has 0 bridgehead atoms. The molecule has 0 spiro atoms. The molecule has 0 aliphatic rings. The number of methoxy groups -OCH3 is 1. The van der Waals surface area contributed by atoms with Crippen molar-refractivity contribution in [3.05, 3.63) is 17.5 Å². The van der Waals surface area contributed by atoms with Gasteiger partial charge in [-0.05, 0) is 5.92 Å². The van der Waals surface area contributed by atoms with Gasteiger partial charge in [-0.1, -0.05) is 19.0 Å². The predicted molar refractivity (Wildman–Crippen MR) is 83.7 cm³/mol. The van der Waals surface area contributed by atoms with Gasteiger partial charge in [0.05, 0.1) is 25.4 Å². The van der Waals surface area contributed by atoms with E-state index in [1.807, 2.05) is 6.07 Å². The lowest BCUT2D eigenvalue weighted by Gasteiger charge is -2.10. The Hall–Kier alpha value is -2.09. The molecule has 0 radical (unpaired) electrons. The van der Waals surface area contributed by atoms with Gasteiger partial charge in [-0.3, -0.25) is 9.79 Å². The van der Waals surface area contributed by atoms with E-state index in [4.69, 9.17) is 9.26 Å². The van der Waals surface area contributed by atoms with E-state index in [0.29, 0.717) is 31.6 Å². The minimum Gasteiger partial charge on any atom is -0.383 e. The molecule has 0 aliphatic heterocycles. The fourth-order valence-electron chi connectivity index (χ4n) is 1.59. The maximum atomic E-state index is 11.6. The molecular weight excluding hydrogens is 286 g/mol. The predicted octanol–water partition coefficient (Wildman–Crippen LogP) is 0.226. The second kappa shape index (κ2) is 9.78. The Morgan fingerprint density at radius 1 is 1.41 bits per heavy atom. The maximum absolute atomic E-state index is 11.6. The van der Waals surface area contributed by atoms with Crippen LogP contribution in [0.15, 0.2) is 15.6 Å². The normalized spacial score (nSPS) is 11.6. The van der Waals surface area contributed by atoms with E-state index in [2.05, 4.69) is 39.9 Å². The molecular formula is C14H25N5O3. The Morgan fingerprint density at radius 2 is 2.18 bits per heavy atom. The molecule has 0 aliphatic carbocycles. The van der Waals surface area contributed by atoms with Crippen LogP contribution in [0.3, 0.4) is 0 Å². The van der Waals surface area contributed by atoms with Gasteiger partial charge in [0.2, 0.25) is 5.91 Å². The summed E-state index contributed by atoms with van der Waals surface area (Å²) in [6, 6.07) is 1.91. The number of hydrogen-bond acceptors (Lipinski definition) is 5. The van der Waals surface area contributed by atoms with Crippen molar-refractivity contribution in [2.45, 2.75) is 26.3 Å². The third-order valence-electron chi connectivity index (χ3n) is 2.87. The highest BCUT2D eigenvalue weighted by molar-refractivity contribution is 5.86. The minimum absolute atomic E-state index is 0.123. The number of nitrogens with zero attached hydrogens (tertiary/aromatic N) is 2. The number of carbonyl (C=O) groups is 1. The summed E-state index contributed by atoms with van der Waals surface area (Å²) >= 11 is 0. The van der Waals surface area contributed by atoms with E-state index < -0.39 is 0 Å². The van der Waals surface area contributed by atoms with E-state index in [0.717, 1.165) is 11.5 Å². The molecule has 8 nitrogen and oxygen atoms in total.